The third kappa shape index (κ3) is 4.71. The number of hydrogen-bond acceptors (Lipinski definition) is 4. The maximum Gasteiger partial charge on any atom is 0.461 e. The summed E-state index contributed by atoms with van der Waals surface area (Å²) < 4.78 is 0. The van der Waals surface area contributed by atoms with E-state index in [1.807, 2.05) is 0 Å². The zero-order valence-electron chi connectivity index (χ0n) is 2.88. The van der Waals surface area contributed by atoms with E-state index in [0.717, 1.165) is 0 Å². The average Bonchev–Trinajstić information content (AvgIpc) is 1.76. The van der Waals surface area contributed by atoms with Crippen molar-refractivity contribution in [2.45, 2.75) is 6.16 Å². The van der Waals surface area contributed by atoms with Crippen molar-refractivity contribution in [3.63, 3.8) is 0 Å². The first-order chi connectivity index (χ1) is 2.21. The Kier molecular flexibility index (Phi) is 4.61. The molecule has 1 aliphatic rings. The van der Waals surface area contributed by atoms with Crippen molar-refractivity contribution >= 4 is 0 Å². The van der Waals surface area contributed by atoms with Crippen LogP contribution in [0.1, 0.15) is 0 Å². The summed E-state index contributed by atoms with van der Waals surface area (Å²) in [4.78, 5) is 7.01. The molecule has 0 radical (unpaired) electrons. The molecule has 0 aromatic heterocycles. The van der Waals surface area contributed by atoms with Gasteiger partial charge in [-0.15, -0.1) is 9.78 Å². The molecule has 0 bridgehead atoms. The standard InChI is InChI=1S/CH2O4.Fe.Ni/c2-1(3)4-5-1;;/h2-3H;;. The van der Waals surface area contributed by atoms with E-state index in [9.17, 15) is 0 Å². The van der Waals surface area contributed by atoms with E-state index in [1.165, 1.54) is 0 Å². The molecule has 1 aliphatic heterocycles. The molecule has 4 nitrogen and oxygen atoms in total. The van der Waals surface area contributed by atoms with Crippen LogP contribution in [0, 0.1) is 0 Å². The first kappa shape index (κ1) is 10.8. The summed E-state index contributed by atoms with van der Waals surface area (Å²) in [6, 6.07) is 0. The van der Waals surface area contributed by atoms with Gasteiger partial charge in [0.15, 0.2) is 0 Å². The number of aliphatic hydroxyl groups is 2. The van der Waals surface area contributed by atoms with Crippen molar-refractivity contribution in [3.05, 3.63) is 0 Å². The largest absolute Gasteiger partial charge is 0.461 e. The Hall–Kier alpha value is 0.853. The predicted molar refractivity (Wildman–Crippen MR) is 9.34 cm³/mol. The van der Waals surface area contributed by atoms with Crippen LogP contribution < -0.4 is 0 Å². The molecule has 1 rings (SSSR count). The van der Waals surface area contributed by atoms with Crippen LogP contribution in [0.2, 0.25) is 0 Å². The molecular formula is CH2FeNiO4. The van der Waals surface area contributed by atoms with Gasteiger partial charge < -0.3 is 10.2 Å². The minimum absolute atomic E-state index is 0. The van der Waals surface area contributed by atoms with Gasteiger partial charge in [-0.2, -0.15) is 0 Å². The molecule has 6 heteroatoms. The molecule has 2 N–H and O–H groups in total. The summed E-state index contributed by atoms with van der Waals surface area (Å²) in [6.07, 6.45) is -2.25. The molecule has 7 heavy (non-hydrogen) atoms. The van der Waals surface area contributed by atoms with E-state index < -0.39 is 6.16 Å². The molecule has 0 amide bonds. The Labute approximate surface area is 60.1 Å². The van der Waals surface area contributed by atoms with Gasteiger partial charge in [-0.1, -0.05) is 0 Å². The van der Waals surface area contributed by atoms with Crippen LogP contribution in [0.25, 0.3) is 0 Å². The van der Waals surface area contributed by atoms with Crippen molar-refractivity contribution in [1.29, 1.82) is 0 Å². The fourth-order valence-electron chi connectivity index (χ4n) is 0.0373. The molecule has 0 spiro atoms. The Morgan fingerprint density at radius 1 is 1.14 bits per heavy atom. The van der Waals surface area contributed by atoms with Gasteiger partial charge in [0.25, 0.3) is 0 Å². The van der Waals surface area contributed by atoms with Gasteiger partial charge in [0.2, 0.25) is 0 Å². The summed E-state index contributed by atoms with van der Waals surface area (Å²) in [6.45, 7) is 0. The topological polar surface area (TPSA) is 65.5 Å². The summed E-state index contributed by atoms with van der Waals surface area (Å²) in [5, 5.41) is 15.5. The average molecular weight is 193 g/mol. The summed E-state index contributed by atoms with van der Waals surface area (Å²) in [7, 11) is 0. The SMILES string of the molecule is OC1(O)OO1.[Fe].[Ni]. The molecule has 1 heterocycles. The second kappa shape index (κ2) is 3.00. The van der Waals surface area contributed by atoms with Crippen LogP contribution >= 0.6 is 0 Å². The second-order valence-electron chi connectivity index (χ2n) is 0.715. The number of hydrogen-bond donors (Lipinski definition) is 2. The van der Waals surface area contributed by atoms with Crippen LogP contribution in [-0.4, -0.2) is 16.4 Å². The summed E-state index contributed by atoms with van der Waals surface area (Å²) in [5.41, 5.74) is 0. The molecule has 0 aromatic rings. The molecule has 1 saturated heterocycles. The van der Waals surface area contributed by atoms with Gasteiger partial charge in [0, 0.05) is 33.6 Å². The van der Waals surface area contributed by atoms with E-state index in [0.29, 0.717) is 0 Å². The van der Waals surface area contributed by atoms with Crippen LogP contribution in [0.15, 0.2) is 0 Å². The van der Waals surface area contributed by atoms with Crippen molar-refractivity contribution < 1.29 is 53.5 Å². The smallest absolute Gasteiger partial charge is 0.315 e. The van der Waals surface area contributed by atoms with E-state index in [-0.39, 0.29) is 33.6 Å². The van der Waals surface area contributed by atoms with Crippen LogP contribution in [0.5, 0.6) is 0 Å². The maximum absolute atomic E-state index is 7.74. The fourth-order valence-corrected chi connectivity index (χ4v) is 0.0373. The quantitative estimate of drug-likeness (QED) is 0.213. The second-order valence-corrected chi connectivity index (χ2v) is 0.715. The minimum Gasteiger partial charge on any atom is -0.315 e. The van der Waals surface area contributed by atoms with E-state index in [4.69, 9.17) is 10.2 Å². The first-order valence-corrected chi connectivity index (χ1v) is 1.02. The zero-order chi connectivity index (χ0) is 3.91. The third-order valence-electron chi connectivity index (χ3n) is 0.232. The van der Waals surface area contributed by atoms with Crippen LogP contribution in [-0.2, 0) is 43.3 Å². The van der Waals surface area contributed by atoms with E-state index >= 15 is 0 Å². The van der Waals surface area contributed by atoms with Gasteiger partial charge in [-0.25, -0.2) is 0 Å². The Morgan fingerprint density at radius 3 is 1.29 bits per heavy atom. The predicted octanol–water partition coefficient (Wildman–Crippen LogP) is -1.46. The van der Waals surface area contributed by atoms with Crippen molar-refractivity contribution in [2.24, 2.45) is 0 Å². The van der Waals surface area contributed by atoms with Gasteiger partial charge in [-0.05, 0) is 0 Å². The molecular weight excluding hydrogens is 191 g/mol. The Bertz CT molecular complexity index is 49.7. The summed E-state index contributed by atoms with van der Waals surface area (Å²) in [5.74, 6) is 0. The fraction of sp³-hybridized carbons (Fsp3) is 1.00. The summed E-state index contributed by atoms with van der Waals surface area (Å²) >= 11 is 0. The van der Waals surface area contributed by atoms with E-state index in [1.54, 1.807) is 0 Å². The minimum atomic E-state index is -2.25. The molecule has 0 atom stereocenters. The van der Waals surface area contributed by atoms with Gasteiger partial charge in [-0.3, -0.25) is 0 Å². The molecule has 0 unspecified atom stereocenters. The first-order valence-electron chi connectivity index (χ1n) is 1.02. The normalized spacial score (nSPS) is 21.4. The Balaban J connectivity index is 0. The number of rotatable bonds is 0. The molecule has 0 aliphatic carbocycles. The van der Waals surface area contributed by atoms with Crippen molar-refractivity contribution in [1.82, 2.24) is 0 Å². The molecule has 0 aromatic carbocycles. The molecule has 1 fully saturated rings. The monoisotopic (exact) mass is 192 g/mol. The van der Waals surface area contributed by atoms with E-state index in [2.05, 4.69) is 9.78 Å². The Morgan fingerprint density at radius 2 is 1.29 bits per heavy atom. The van der Waals surface area contributed by atoms with Crippen molar-refractivity contribution in [3.8, 4) is 0 Å². The van der Waals surface area contributed by atoms with Gasteiger partial charge in [0.1, 0.15) is 0 Å². The molecule has 0 saturated carbocycles. The van der Waals surface area contributed by atoms with Gasteiger partial charge in [0.05, 0.1) is 0 Å². The van der Waals surface area contributed by atoms with Crippen LogP contribution in [0.4, 0.5) is 0 Å². The van der Waals surface area contributed by atoms with Gasteiger partial charge >= 0.3 is 6.16 Å². The maximum atomic E-state index is 7.74. The molecule has 48 valence electrons. The zero-order valence-corrected chi connectivity index (χ0v) is 4.97. The van der Waals surface area contributed by atoms with Crippen LogP contribution in [0.3, 0.4) is 0 Å². The third-order valence-corrected chi connectivity index (χ3v) is 0.232. The van der Waals surface area contributed by atoms with Crippen molar-refractivity contribution in [2.75, 3.05) is 0 Å².